The third-order valence-electron chi connectivity index (χ3n) is 7.65. The zero-order chi connectivity index (χ0) is 23.0. The van der Waals surface area contributed by atoms with Crippen molar-refractivity contribution in [1.82, 2.24) is 15.2 Å². The number of nitrogens with one attached hydrogen (secondary N) is 1. The molecule has 1 aromatic carbocycles. The van der Waals surface area contributed by atoms with Crippen molar-refractivity contribution in [1.29, 1.82) is 0 Å². The fourth-order valence-corrected chi connectivity index (χ4v) is 5.98. The lowest BCUT2D eigenvalue weighted by Crippen LogP contribution is -2.48. The van der Waals surface area contributed by atoms with Gasteiger partial charge >= 0.3 is 0 Å². The Bertz CT molecular complexity index is 1060. The number of amides is 2. The lowest BCUT2D eigenvalue weighted by Gasteiger charge is -2.31. The molecule has 1 N–H and O–H groups in total. The summed E-state index contributed by atoms with van der Waals surface area (Å²) in [5.74, 6) is 1.36. The molecule has 5 nitrogen and oxygen atoms in total. The van der Waals surface area contributed by atoms with Crippen LogP contribution in [0.25, 0.3) is 11.1 Å². The molecule has 1 saturated heterocycles. The van der Waals surface area contributed by atoms with E-state index in [1.54, 1.807) is 12.4 Å². The molecule has 0 radical (unpaired) electrons. The fourth-order valence-electron chi connectivity index (χ4n) is 5.98. The van der Waals surface area contributed by atoms with Crippen molar-refractivity contribution in [3.63, 3.8) is 0 Å². The van der Waals surface area contributed by atoms with Crippen LogP contribution in [0.1, 0.15) is 38.7 Å². The molecule has 1 aliphatic heterocycles. The van der Waals surface area contributed by atoms with Crippen molar-refractivity contribution >= 4 is 11.8 Å². The van der Waals surface area contributed by atoms with Crippen LogP contribution in [0, 0.1) is 23.2 Å². The zero-order valence-electron chi connectivity index (χ0n) is 19.5. The fraction of sp³-hybridized carbons (Fsp3) is 0.464. The maximum absolute atomic E-state index is 13.5. The van der Waals surface area contributed by atoms with Gasteiger partial charge in [0.25, 0.3) is 0 Å². The SMILES string of the molecule is CC(C)NC(=O)C1(Cc2cccc(-c3ccncc3)c2)CCN(C(=O)[C@@H]2C[C@@H]3C=C[C@H]2C3)C1. The standard InChI is InChI=1S/C28H33N3O2/c1-19(2)30-27(33)28(17-21-4-3-5-23(15-21)22-8-11-29-12-9-22)10-13-31(18-28)26(32)25-16-20-6-7-24(25)14-20/h3-9,11-12,15,19-20,24-25H,10,13-14,16-18H2,1-2H3,(H,30,33)/t20-,24+,25-,28?/m1/s1. The maximum Gasteiger partial charge on any atom is 0.228 e. The lowest BCUT2D eigenvalue weighted by atomic mass is 9.79. The summed E-state index contributed by atoms with van der Waals surface area (Å²) in [6.45, 7) is 5.15. The first-order valence-electron chi connectivity index (χ1n) is 12.2. The van der Waals surface area contributed by atoms with Gasteiger partial charge in [0.05, 0.1) is 5.41 Å². The minimum atomic E-state index is -0.593. The monoisotopic (exact) mass is 443 g/mol. The van der Waals surface area contributed by atoms with Crippen LogP contribution >= 0.6 is 0 Å². The Hall–Kier alpha value is -2.95. The molecule has 2 bridgehead atoms. The van der Waals surface area contributed by atoms with Crippen LogP contribution in [0.5, 0.6) is 0 Å². The number of pyridine rings is 1. The Morgan fingerprint density at radius 3 is 2.64 bits per heavy atom. The van der Waals surface area contributed by atoms with Crippen molar-refractivity contribution in [2.24, 2.45) is 23.2 Å². The number of aromatic nitrogens is 1. The molecule has 1 saturated carbocycles. The van der Waals surface area contributed by atoms with E-state index in [0.717, 1.165) is 29.5 Å². The summed E-state index contributed by atoms with van der Waals surface area (Å²) >= 11 is 0. The van der Waals surface area contributed by atoms with E-state index in [1.807, 2.05) is 30.9 Å². The second-order valence-electron chi connectivity index (χ2n) is 10.4. The number of likely N-dealkylation sites (tertiary alicyclic amines) is 1. The Labute approximate surface area is 196 Å². The first kappa shape index (κ1) is 21.9. The second-order valence-corrected chi connectivity index (χ2v) is 10.4. The molecule has 172 valence electrons. The normalized spacial score (nSPS) is 28.0. The maximum atomic E-state index is 13.5. The highest BCUT2D eigenvalue weighted by Crippen LogP contribution is 2.45. The summed E-state index contributed by atoms with van der Waals surface area (Å²) in [6, 6.07) is 12.5. The van der Waals surface area contributed by atoms with Gasteiger partial charge in [0.15, 0.2) is 0 Å². The Kier molecular flexibility index (Phi) is 5.81. The number of allylic oxidation sites excluding steroid dienone is 2. The average Bonchev–Trinajstić information content (AvgIpc) is 3.56. The number of carbonyl (C=O) groups excluding carboxylic acids is 2. The number of fused-ring (bicyclic) bond motifs is 2. The van der Waals surface area contributed by atoms with Gasteiger partial charge in [0.1, 0.15) is 0 Å². The Morgan fingerprint density at radius 1 is 1.12 bits per heavy atom. The van der Waals surface area contributed by atoms with Gasteiger partial charge in [-0.05, 0) is 80.2 Å². The molecule has 2 aromatic rings. The first-order chi connectivity index (χ1) is 15.9. The summed E-state index contributed by atoms with van der Waals surface area (Å²) in [5, 5.41) is 3.15. The molecule has 1 unspecified atom stereocenters. The highest BCUT2D eigenvalue weighted by atomic mass is 16.2. The van der Waals surface area contributed by atoms with Crippen molar-refractivity contribution in [3.05, 3.63) is 66.5 Å². The molecule has 5 rings (SSSR count). The number of hydrogen-bond acceptors (Lipinski definition) is 3. The topological polar surface area (TPSA) is 62.3 Å². The molecule has 5 heteroatoms. The number of rotatable bonds is 6. The van der Waals surface area contributed by atoms with Gasteiger partial charge in [-0.25, -0.2) is 0 Å². The largest absolute Gasteiger partial charge is 0.353 e. The average molecular weight is 444 g/mol. The molecule has 33 heavy (non-hydrogen) atoms. The molecule has 4 atom stereocenters. The third-order valence-corrected chi connectivity index (χ3v) is 7.65. The van der Waals surface area contributed by atoms with Crippen LogP contribution in [0.3, 0.4) is 0 Å². The second kappa shape index (κ2) is 8.77. The van der Waals surface area contributed by atoms with Crippen LogP contribution in [0.4, 0.5) is 0 Å². The minimum absolute atomic E-state index is 0.0648. The van der Waals surface area contributed by atoms with Crippen molar-refractivity contribution in [3.8, 4) is 11.1 Å². The number of carbonyl (C=O) groups is 2. The number of benzene rings is 1. The molecule has 2 fully saturated rings. The molecule has 1 aromatic heterocycles. The van der Waals surface area contributed by atoms with Gasteiger partial charge in [-0.15, -0.1) is 0 Å². The van der Waals surface area contributed by atoms with Gasteiger partial charge in [-0.1, -0.05) is 36.4 Å². The Balaban J connectivity index is 1.38. The summed E-state index contributed by atoms with van der Waals surface area (Å²) in [5.41, 5.74) is 2.76. The summed E-state index contributed by atoms with van der Waals surface area (Å²) in [4.78, 5) is 33.0. The van der Waals surface area contributed by atoms with Crippen LogP contribution in [-0.2, 0) is 16.0 Å². The lowest BCUT2D eigenvalue weighted by molar-refractivity contribution is -0.137. The van der Waals surface area contributed by atoms with E-state index in [0.29, 0.717) is 37.8 Å². The minimum Gasteiger partial charge on any atom is -0.353 e. The summed E-state index contributed by atoms with van der Waals surface area (Å²) < 4.78 is 0. The summed E-state index contributed by atoms with van der Waals surface area (Å²) in [7, 11) is 0. The van der Waals surface area contributed by atoms with Crippen molar-refractivity contribution in [2.75, 3.05) is 13.1 Å². The van der Waals surface area contributed by atoms with Gasteiger partial charge in [0.2, 0.25) is 11.8 Å². The van der Waals surface area contributed by atoms with Gasteiger partial charge in [0, 0.05) is 37.4 Å². The van der Waals surface area contributed by atoms with E-state index in [4.69, 9.17) is 0 Å². The first-order valence-corrected chi connectivity index (χ1v) is 12.2. The van der Waals surface area contributed by atoms with E-state index in [-0.39, 0.29) is 23.8 Å². The smallest absolute Gasteiger partial charge is 0.228 e. The van der Waals surface area contributed by atoms with E-state index in [9.17, 15) is 9.59 Å². The van der Waals surface area contributed by atoms with E-state index in [2.05, 4.69) is 46.7 Å². The Morgan fingerprint density at radius 2 is 1.94 bits per heavy atom. The van der Waals surface area contributed by atoms with E-state index >= 15 is 0 Å². The molecule has 2 amide bonds. The van der Waals surface area contributed by atoms with Crippen LogP contribution < -0.4 is 5.32 Å². The van der Waals surface area contributed by atoms with Gasteiger partial charge in [-0.3, -0.25) is 14.6 Å². The molecule has 2 heterocycles. The predicted molar refractivity (Wildman–Crippen MR) is 129 cm³/mol. The third kappa shape index (κ3) is 4.33. The highest BCUT2D eigenvalue weighted by molar-refractivity contribution is 5.87. The van der Waals surface area contributed by atoms with Crippen molar-refractivity contribution < 1.29 is 9.59 Å². The molecule has 2 aliphatic carbocycles. The zero-order valence-corrected chi connectivity index (χ0v) is 19.5. The van der Waals surface area contributed by atoms with Crippen LogP contribution in [0.15, 0.2) is 60.9 Å². The molecule has 3 aliphatic rings. The number of nitrogens with zero attached hydrogens (tertiary/aromatic N) is 2. The number of hydrogen-bond donors (Lipinski definition) is 1. The summed E-state index contributed by atoms with van der Waals surface area (Å²) in [6.07, 6.45) is 11.5. The van der Waals surface area contributed by atoms with Crippen LogP contribution in [0.2, 0.25) is 0 Å². The molecule has 0 spiro atoms. The van der Waals surface area contributed by atoms with Crippen LogP contribution in [-0.4, -0.2) is 40.8 Å². The van der Waals surface area contributed by atoms with Gasteiger partial charge in [-0.2, -0.15) is 0 Å². The highest BCUT2D eigenvalue weighted by Gasteiger charge is 2.49. The molecular formula is C28H33N3O2. The molecular weight excluding hydrogens is 410 g/mol. The quantitative estimate of drug-likeness (QED) is 0.679. The van der Waals surface area contributed by atoms with E-state index < -0.39 is 5.41 Å². The van der Waals surface area contributed by atoms with Gasteiger partial charge < -0.3 is 10.2 Å². The predicted octanol–water partition coefficient (Wildman–Crippen LogP) is 4.25. The van der Waals surface area contributed by atoms with Crippen molar-refractivity contribution in [2.45, 2.75) is 45.6 Å². The van der Waals surface area contributed by atoms with E-state index in [1.165, 1.54) is 0 Å².